The van der Waals surface area contributed by atoms with Crippen molar-refractivity contribution in [1.82, 2.24) is 19.6 Å². The Bertz CT molecular complexity index is 557. The van der Waals surface area contributed by atoms with Crippen molar-refractivity contribution in [3.05, 3.63) is 11.9 Å². The van der Waals surface area contributed by atoms with Gasteiger partial charge in [0.2, 0.25) is 16.0 Å². The van der Waals surface area contributed by atoms with E-state index < -0.39 is 10.0 Å². The molecule has 9 heteroatoms. The molecule has 112 valence electrons. The maximum Gasteiger partial charge on any atom is 0.271 e. The van der Waals surface area contributed by atoms with E-state index in [-0.39, 0.29) is 5.91 Å². The molecule has 2 heterocycles. The molecule has 1 aromatic heterocycles. The number of nitrogens with zero attached hydrogens (tertiary/aromatic N) is 2. The number of carbonyl (C=O) groups excluding carboxylic acids is 1. The lowest BCUT2D eigenvalue weighted by Crippen LogP contribution is -2.29. The standard InChI is InChI=1S/C11H19N5O3S/c1-20(18,19)14-6-2-4-12-10(17)9-8-16-7-3-5-13-11(16)15-9/h8,14H,2-7H2,1H3,(H,12,17)(H,13,15). The van der Waals surface area contributed by atoms with Gasteiger partial charge in [0, 0.05) is 32.4 Å². The van der Waals surface area contributed by atoms with E-state index >= 15 is 0 Å². The van der Waals surface area contributed by atoms with Crippen molar-refractivity contribution in [2.75, 3.05) is 31.2 Å². The molecule has 0 unspecified atom stereocenters. The first kappa shape index (κ1) is 14.8. The molecule has 1 amide bonds. The summed E-state index contributed by atoms with van der Waals surface area (Å²) in [5.74, 6) is 0.480. The highest BCUT2D eigenvalue weighted by Crippen LogP contribution is 2.13. The van der Waals surface area contributed by atoms with Crippen molar-refractivity contribution >= 4 is 21.9 Å². The fraction of sp³-hybridized carbons (Fsp3) is 0.636. The number of imidazole rings is 1. The van der Waals surface area contributed by atoms with Gasteiger partial charge in [0.15, 0.2) is 0 Å². The lowest BCUT2D eigenvalue weighted by atomic mass is 10.3. The van der Waals surface area contributed by atoms with Crippen molar-refractivity contribution in [3.63, 3.8) is 0 Å². The van der Waals surface area contributed by atoms with Crippen LogP contribution in [0.1, 0.15) is 23.3 Å². The number of rotatable bonds is 6. The Balaban J connectivity index is 1.76. The summed E-state index contributed by atoms with van der Waals surface area (Å²) in [6.45, 7) is 2.44. The Labute approximate surface area is 118 Å². The molecule has 3 N–H and O–H groups in total. The Morgan fingerprint density at radius 2 is 2.30 bits per heavy atom. The number of sulfonamides is 1. The molecule has 0 bridgehead atoms. The van der Waals surface area contributed by atoms with Gasteiger partial charge >= 0.3 is 0 Å². The molecule has 0 aromatic carbocycles. The molecular weight excluding hydrogens is 282 g/mol. The van der Waals surface area contributed by atoms with Crippen LogP contribution in [0.4, 0.5) is 5.95 Å². The summed E-state index contributed by atoms with van der Waals surface area (Å²) < 4.78 is 26.0. The summed E-state index contributed by atoms with van der Waals surface area (Å²) in [5, 5.41) is 5.84. The van der Waals surface area contributed by atoms with Gasteiger partial charge in [-0.15, -0.1) is 0 Å². The Hall–Kier alpha value is -1.61. The molecule has 0 fully saturated rings. The molecule has 1 aliphatic heterocycles. The smallest absolute Gasteiger partial charge is 0.271 e. The van der Waals surface area contributed by atoms with Crippen LogP contribution in [0, 0.1) is 0 Å². The lowest BCUT2D eigenvalue weighted by Gasteiger charge is -2.14. The van der Waals surface area contributed by atoms with Crippen LogP contribution in [0.25, 0.3) is 0 Å². The first-order valence-corrected chi connectivity index (χ1v) is 8.39. The highest BCUT2D eigenvalue weighted by atomic mass is 32.2. The van der Waals surface area contributed by atoms with Crippen LogP contribution in [0.3, 0.4) is 0 Å². The molecule has 0 spiro atoms. The zero-order valence-electron chi connectivity index (χ0n) is 11.3. The number of aryl methyl sites for hydroxylation is 1. The van der Waals surface area contributed by atoms with Gasteiger partial charge < -0.3 is 15.2 Å². The average molecular weight is 301 g/mol. The highest BCUT2D eigenvalue weighted by molar-refractivity contribution is 7.88. The fourth-order valence-electron chi connectivity index (χ4n) is 1.92. The molecule has 2 rings (SSSR count). The first-order chi connectivity index (χ1) is 9.46. The largest absolute Gasteiger partial charge is 0.356 e. The summed E-state index contributed by atoms with van der Waals surface area (Å²) in [6, 6.07) is 0. The SMILES string of the molecule is CS(=O)(=O)NCCCNC(=O)c1cn2c(n1)NCCC2. The lowest BCUT2D eigenvalue weighted by molar-refractivity contribution is 0.0949. The predicted molar refractivity (Wildman–Crippen MR) is 75.1 cm³/mol. The second-order valence-corrected chi connectivity index (χ2v) is 6.53. The van der Waals surface area contributed by atoms with Crippen LogP contribution in [0.5, 0.6) is 0 Å². The molecule has 0 saturated carbocycles. The minimum Gasteiger partial charge on any atom is -0.356 e. The van der Waals surface area contributed by atoms with Crippen molar-refractivity contribution < 1.29 is 13.2 Å². The molecule has 0 atom stereocenters. The number of carbonyl (C=O) groups is 1. The van der Waals surface area contributed by atoms with Crippen molar-refractivity contribution in [1.29, 1.82) is 0 Å². The predicted octanol–water partition coefficient (Wildman–Crippen LogP) is -0.632. The third kappa shape index (κ3) is 4.20. The van der Waals surface area contributed by atoms with Crippen LogP contribution < -0.4 is 15.4 Å². The van der Waals surface area contributed by atoms with Gasteiger partial charge in [-0.2, -0.15) is 0 Å². The van der Waals surface area contributed by atoms with E-state index in [1.54, 1.807) is 6.20 Å². The summed E-state index contributed by atoms with van der Waals surface area (Å²) in [7, 11) is -3.17. The van der Waals surface area contributed by atoms with E-state index in [0.29, 0.717) is 25.2 Å². The first-order valence-electron chi connectivity index (χ1n) is 6.49. The third-order valence-electron chi connectivity index (χ3n) is 2.87. The fourth-order valence-corrected chi connectivity index (χ4v) is 2.44. The van der Waals surface area contributed by atoms with Crippen molar-refractivity contribution in [2.24, 2.45) is 0 Å². The topological polar surface area (TPSA) is 105 Å². The molecule has 8 nitrogen and oxygen atoms in total. The maximum atomic E-state index is 11.9. The number of aromatic nitrogens is 2. The van der Waals surface area contributed by atoms with Crippen LogP contribution in [-0.4, -0.2) is 49.8 Å². The van der Waals surface area contributed by atoms with Crippen LogP contribution >= 0.6 is 0 Å². The normalized spacial score (nSPS) is 14.4. The van der Waals surface area contributed by atoms with Gasteiger partial charge in [-0.05, 0) is 12.8 Å². The van der Waals surface area contributed by atoms with Crippen LogP contribution in [-0.2, 0) is 16.6 Å². The maximum absolute atomic E-state index is 11.9. The van der Waals surface area contributed by atoms with Gasteiger partial charge in [-0.3, -0.25) is 4.79 Å². The van der Waals surface area contributed by atoms with E-state index in [2.05, 4.69) is 20.3 Å². The Kier molecular flexibility index (Phi) is 4.61. The Morgan fingerprint density at radius 1 is 1.50 bits per heavy atom. The van der Waals surface area contributed by atoms with Gasteiger partial charge in [0.05, 0.1) is 6.26 Å². The van der Waals surface area contributed by atoms with Gasteiger partial charge in [-0.25, -0.2) is 18.1 Å². The van der Waals surface area contributed by atoms with Crippen molar-refractivity contribution in [3.8, 4) is 0 Å². The van der Waals surface area contributed by atoms with Crippen LogP contribution in [0.2, 0.25) is 0 Å². The monoisotopic (exact) mass is 301 g/mol. The minimum atomic E-state index is -3.17. The molecule has 20 heavy (non-hydrogen) atoms. The van der Waals surface area contributed by atoms with Gasteiger partial charge in [-0.1, -0.05) is 0 Å². The number of anilines is 1. The Morgan fingerprint density at radius 3 is 3.00 bits per heavy atom. The average Bonchev–Trinajstić information content (AvgIpc) is 2.80. The van der Waals surface area contributed by atoms with E-state index in [0.717, 1.165) is 31.7 Å². The molecule has 0 radical (unpaired) electrons. The number of amides is 1. The molecule has 1 aromatic rings. The summed E-state index contributed by atoms with van der Waals surface area (Å²) in [6.07, 6.45) is 4.38. The second-order valence-electron chi connectivity index (χ2n) is 4.70. The highest BCUT2D eigenvalue weighted by Gasteiger charge is 2.15. The van der Waals surface area contributed by atoms with E-state index in [1.807, 2.05) is 4.57 Å². The van der Waals surface area contributed by atoms with Gasteiger partial charge in [0.1, 0.15) is 5.69 Å². The van der Waals surface area contributed by atoms with Gasteiger partial charge in [0.25, 0.3) is 5.91 Å². The molecule has 1 aliphatic rings. The minimum absolute atomic E-state index is 0.243. The number of fused-ring (bicyclic) bond motifs is 1. The van der Waals surface area contributed by atoms with Crippen molar-refractivity contribution in [2.45, 2.75) is 19.4 Å². The zero-order chi connectivity index (χ0) is 14.6. The second kappa shape index (κ2) is 6.23. The van der Waals surface area contributed by atoms with Crippen LogP contribution in [0.15, 0.2) is 6.20 Å². The summed E-state index contributed by atoms with van der Waals surface area (Å²) in [5.41, 5.74) is 0.380. The third-order valence-corrected chi connectivity index (χ3v) is 3.60. The molecule has 0 saturated heterocycles. The van der Waals surface area contributed by atoms with E-state index in [9.17, 15) is 13.2 Å². The summed E-state index contributed by atoms with van der Waals surface area (Å²) in [4.78, 5) is 16.1. The molecular formula is C11H19N5O3S. The number of hydrogen-bond donors (Lipinski definition) is 3. The number of hydrogen-bond acceptors (Lipinski definition) is 5. The molecule has 0 aliphatic carbocycles. The summed E-state index contributed by atoms with van der Waals surface area (Å²) >= 11 is 0. The zero-order valence-corrected chi connectivity index (χ0v) is 12.2. The van der Waals surface area contributed by atoms with E-state index in [4.69, 9.17) is 0 Å². The van der Waals surface area contributed by atoms with E-state index in [1.165, 1.54) is 0 Å². The quantitative estimate of drug-likeness (QED) is 0.607. The number of nitrogens with one attached hydrogen (secondary N) is 3.